The van der Waals surface area contributed by atoms with Crippen molar-refractivity contribution in [3.63, 3.8) is 0 Å². The van der Waals surface area contributed by atoms with E-state index in [2.05, 4.69) is 15.5 Å². The maximum absolute atomic E-state index is 12.7. The van der Waals surface area contributed by atoms with Gasteiger partial charge in [0.1, 0.15) is 29.8 Å². The molecule has 0 saturated carbocycles. The lowest BCUT2D eigenvalue weighted by atomic mass is 10.2. The molecule has 3 heterocycles. The number of nitrogens with zero attached hydrogens (tertiary/aromatic N) is 4. The molecule has 28 heavy (non-hydrogen) atoms. The van der Waals surface area contributed by atoms with E-state index in [4.69, 9.17) is 4.74 Å². The fraction of sp³-hybridized carbons (Fsp3) is 0.158. The highest BCUT2D eigenvalue weighted by Gasteiger charge is 2.12. The minimum Gasteiger partial charge on any atom is -0.497 e. The summed E-state index contributed by atoms with van der Waals surface area (Å²) in [4.78, 5) is 25.9. The third kappa shape index (κ3) is 3.65. The molecule has 1 amide bonds. The number of rotatable bonds is 6. The molecule has 0 atom stereocenters. The van der Waals surface area contributed by atoms with E-state index in [0.29, 0.717) is 17.8 Å². The molecule has 4 aromatic rings. The number of carbonyl (C=O) groups is 1. The van der Waals surface area contributed by atoms with Crippen molar-refractivity contribution in [2.24, 2.45) is 0 Å². The number of fused-ring (bicyclic) bond motifs is 1. The Morgan fingerprint density at radius 2 is 2.14 bits per heavy atom. The highest BCUT2D eigenvalue weighted by molar-refractivity contribution is 7.13. The number of hydrogen-bond acceptors (Lipinski definition) is 6. The van der Waals surface area contributed by atoms with Crippen LogP contribution in [-0.4, -0.2) is 32.4 Å². The Hall–Kier alpha value is -3.46. The number of aromatic nitrogens is 4. The van der Waals surface area contributed by atoms with Gasteiger partial charge in [0.15, 0.2) is 0 Å². The second-order valence-electron chi connectivity index (χ2n) is 6.06. The van der Waals surface area contributed by atoms with Gasteiger partial charge in [-0.25, -0.2) is 9.20 Å². The largest absolute Gasteiger partial charge is 0.497 e. The van der Waals surface area contributed by atoms with E-state index in [1.54, 1.807) is 24.5 Å². The minimum absolute atomic E-state index is 0.168. The van der Waals surface area contributed by atoms with Crippen LogP contribution in [0.1, 0.15) is 5.56 Å². The maximum Gasteiger partial charge on any atom is 0.293 e. The average molecular weight is 395 g/mol. The first-order chi connectivity index (χ1) is 13.6. The Balaban J connectivity index is 1.48. The first-order valence-electron chi connectivity index (χ1n) is 8.53. The molecule has 0 fully saturated rings. The van der Waals surface area contributed by atoms with E-state index in [-0.39, 0.29) is 18.0 Å². The summed E-state index contributed by atoms with van der Waals surface area (Å²) in [6, 6.07) is 13.0. The summed E-state index contributed by atoms with van der Waals surface area (Å²) in [7, 11) is 1.59. The van der Waals surface area contributed by atoms with E-state index in [9.17, 15) is 9.59 Å². The van der Waals surface area contributed by atoms with Crippen LogP contribution in [-0.2, 0) is 17.9 Å². The fourth-order valence-electron chi connectivity index (χ4n) is 2.77. The Morgan fingerprint density at radius 1 is 1.25 bits per heavy atom. The van der Waals surface area contributed by atoms with Crippen molar-refractivity contribution in [1.29, 1.82) is 0 Å². The zero-order valence-corrected chi connectivity index (χ0v) is 15.8. The van der Waals surface area contributed by atoms with E-state index in [1.165, 1.54) is 10.8 Å². The number of thiophene rings is 1. The van der Waals surface area contributed by atoms with Crippen LogP contribution in [0.25, 0.3) is 16.1 Å². The predicted molar refractivity (Wildman–Crippen MR) is 105 cm³/mol. The molecule has 8 nitrogen and oxygen atoms in total. The van der Waals surface area contributed by atoms with Crippen LogP contribution in [0.4, 0.5) is 0 Å². The molecule has 3 aromatic heterocycles. The molecule has 1 aromatic carbocycles. The van der Waals surface area contributed by atoms with Gasteiger partial charge in [0, 0.05) is 6.54 Å². The van der Waals surface area contributed by atoms with Gasteiger partial charge in [0.25, 0.3) is 5.56 Å². The lowest BCUT2D eigenvalue weighted by Crippen LogP contribution is -2.34. The van der Waals surface area contributed by atoms with Crippen molar-refractivity contribution in [3.05, 3.63) is 70.1 Å². The van der Waals surface area contributed by atoms with E-state index in [0.717, 1.165) is 20.9 Å². The fourth-order valence-corrected chi connectivity index (χ4v) is 3.45. The number of nitrogens with one attached hydrogen (secondary N) is 1. The predicted octanol–water partition coefficient (Wildman–Crippen LogP) is 1.94. The zero-order chi connectivity index (χ0) is 19.5. The number of carbonyl (C=O) groups excluding carboxylic acids is 1. The van der Waals surface area contributed by atoms with Gasteiger partial charge in [0.2, 0.25) is 5.91 Å². The second-order valence-corrected chi connectivity index (χ2v) is 7.01. The summed E-state index contributed by atoms with van der Waals surface area (Å²) in [5.74, 6) is 0.414. The molecular weight excluding hydrogens is 378 g/mol. The van der Waals surface area contributed by atoms with Gasteiger partial charge < -0.3 is 10.1 Å². The highest BCUT2D eigenvalue weighted by Crippen LogP contribution is 2.23. The molecular formula is C19H17N5O3S. The van der Waals surface area contributed by atoms with Gasteiger partial charge in [-0.2, -0.15) is 10.2 Å². The van der Waals surface area contributed by atoms with Crippen molar-refractivity contribution in [2.45, 2.75) is 13.1 Å². The Morgan fingerprint density at radius 3 is 2.93 bits per heavy atom. The lowest BCUT2D eigenvalue weighted by molar-refractivity contribution is -0.122. The highest BCUT2D eigenvalue weighted by atomic mass is 32.1. The molecule has 0 aliphatic heterocycles. The van der Waals surface area contributed by atoms with Crippen molar-refractivity contribution < 1.29 is 9.53 Å². The molecule has 0 aliphatic carbocycles. The van der Waals surface area contributed by atoms with Crippen molar-refractivity contribution >= 4 is 22.8 Å². The quantitative estimate of drug-likeness (QED) is 0.539. The molecule has 0 radical (unpaired) electrons. The summed E-state index contributed by atoms with van der Waals surface area (Å²) < 4.78 is 7.73. The molecule has 0 saturated heterocycles. The molecule has 1 N–H and O–H groups in total. The van der Waals surface area contributed by atoms with Gasteiger partial charge in [-0.1, -0.05) is 18.2 Å². The van der Waals surface area contributed by atoms with E-state index in [1.807, 2.05) is 41.8 Å². The third-order valence-corrected chi connectivity index (χ3v) is 5.07. The summed E-state index contributed by atoms with van der Waals surface area (Å²) in [5, 5.41) is 13.2. The van der Waals surface area contributed by atoms with Gasteiger partial charge >= 0.3 is 0 Å². The van der Waals surface area contributed by atoms with E-state index < -0.39 is 0 Å². The Labute approximate surface area is 164 Å². The van der Waals surface area contributed by atoms with Gasteiger partial charge in [-0.15, -0.1) is 11.3 Å². The summed E-state index contributed by atoms with van der Waals surface area (Å²) in [6.45, 7) is 0.168. The average Bonchev–Trinajstić information content (AvgIpc) is 3.38. The number of methoxy groups -OCH3 is 1. The van der Waals surface area contributed by atoms with Crippen molar-refractivity contribution in [2.75, 3.05) is 7.11 Å². The maximum atomic E-state index is 12.7. The van der Waals surface area contributed by atoms with Crippen LogP contribution < -0.4 is 15.6 Å². The zero-order valence-electron chi connectivity index (χ0n) is 15.0. The van der Waals surface area contributed by atoms with Crippen LogP contribution in [0.15, 0.2) is 59.0 Å². The molecule has 0 aliphatic rings. The van der Waals surface area contributed by atoms with Crippen LogP contribution in [0.2, 0.25) is 0 Å². The molecule has 9 heteroatoms. The number of hydrogen-bond donors (Lipinski definition) is 1. The summed E-state index contributed by atoms with van der Waals surface area (Å²) in [6.07, 6.45) is 1.43. The van der Waals surface area contributed by atoms with E-state index >= 15 is 0 Å². The van der Waals surface area contributed by atoms with Crippen molar-refractivity contribution in [1.82, 2.24) is 24.7 Å². The first-order valence-corrected chi connectivity index (χ1v) is 9.41. The molecule has 0 bridgehead atoms. The molecule has 142 valence electrons. The van der Waals surface area contributed by atoms with Gasteiger partial charge in [-0.3, -0.25) is 9.59 Å². The monoisotopic (exact) mass is 395 g/mol. The van der Waals surface area contributed by atoms with Gasteiger partial charge in [0.05, 0.1) is 12.0 Å². The molecule has 4 rings (SSSR count). The lowest BCUT2D eigenvalue weighted by Gasteiger charge is -2.08. The second kappa shape index (κ2) is 7.65. The Kier molecular flexibility index (Phi) is 4.90. The van der Waals surface area contributed by atoms with Gasteiger partial charge in [-0.05, 0) is 35.2 Å². The smallest absolute Gasteiger partial charge is 0.293 e. The summed E-state index contributed by atoms with van der Waals surface area (Å²) in [5.41, 5.74) is 1.61. The Bertz CT molecular complexity index is 1180. The topological polar surface area (TPSA) is 90.5 Å². The van der Waals surface area contributed by atoms with Crippen LogP contribution in [0, 0.1) is 0 Å². The number of benzene rings is 1. The first kappa shape index (κ1) is 17.9. The van der Waals surface area contributed by atoms with Crippen LogP contribution >= 0.6 is 11.3 Å². The SMILES string of the molecule is COc1cccc(CNC(=O)Cn2ncn3nc(-c4cccs4)cc3c2=O)c1. The number of amides is 1. The van der Waals surface area contributed by atoms with Crippen molar-refractivity contribution in [3.8, 4) is 16.3 Å². The standard InChI is InChI=1S/C19H17N5O3S/c1-27-14-5-2-4-13(8-14)10-20-18(25)11-23-19(26)16-9-15(17-6-3-7-28-17)22-24(16)12-21-23/h2-9,12H,10-11H2,1H3,(H,20,25). The molecule has 0 unspecified atom stereocenters. The van der Waals surface area contributed by atoms with Crippen LogP contribution in [0.3, 0.4) is 0 Å². The normalized spacial score (nSPS) is 10.9. The third-order valence-electron chi connectivity index (χ3n) is 4.18. The summed E-state index contributed by atoms with van der Waals surface area (Å²) >= 11 is 1.54. The minimum atomic E-state index is -0.366. The number of ether oxygens (including phenoxy) is 1. The molecule has 0 spiro atoms. The van der Waals surface area contributed by atoms with Crippen LogP contribution in [0.5, 0.6) is 5.75 Å².